The van der Waals surface area contributed by atoms with E-state index >= 15 is 0 Å². The maximum Gasteiger partial charge on any atom is 0.433 e. The van der Waals surface area contributed by atoms with E-state index in [2.05, 4.69) is 20.6 Å². The van der Waals surface area contributed by atoms with Crippen LogP contribution in [0.3, 0.4) is 0 Å². The first kappa shape index (κ1) is 17.3. The molecule has 2 N–H and O–H groups in total. The summed E-state index contributed by atoms with van der Waals surface area (Å²) < 4.78 is 78.0. The van der Waals surface area contributed by atoms with E-state index in [1.54, 1.807) is 0 Å². The van der Waals surface area contributed by atoms with E-state index in [1.807, 2.05) is 0 Å². The molecule has 1 aromatic carbocycles. The second-order valence-electron chi connectivity index (χ2n) is 5.55. The van der Waals surface area contributed by atoms with Gasteiger partial charge < -0.3 is 10.6 Å². The smallest absolute Gasteiger partial charge is 0.351 e. The lowest BCUT2D eigenvalue weighted by molar-refractivity contribution is -0.141. The molecule has 1 aliphatic carbocycles. The average Bonchev–Trinajstić information content (AvgIpc) is 3.29. The lowest BCUT2D eigenvalue weighted by atomic mass is 10.1. The highest BCUT2D eigenvalue weighted by atomic mass is 19.4. The van der Waals surface area contributed by atoms with Gasteiger partial charge in [0.2, 0.25) is 5.95 Å². The van der Waals surface area contributed by atoms with Crippen molar-refractivity contribution in [3.63, 3.8) is 0 Å². The Morgan fingerprint density at radius 2 is 1.60 bits per heavy atom. The number of halogens is 6. The van der Waals surface area contributed by atoms with Crippen LogP contribution in [0, 0.1) is 0 Å². The van der Waals surface area contributed by atoms with Crippen molar-refractivity contribution in [1.82, 2.24) is 9.97 Å². The number of alkyl halides is 6. The number of aromatic nitrogens is 2. The Bertz CT molecular complexity index is 767. The fourth-order valence-electron chi connectivity index (χ4n) is 2.11. The molecule has 0 atom stereocenters. The van der Waals surface area contributed by atoms with Gasteiger partial charge in [-0.3, -0.25) is 0 Å². The first-order valence-corrected chi connectivity index (χ1v) is 7.29. The van der Waals surface area contributed by atoms with Crippen molar-refractivity contribution in [2.24, 2.45) is 0 Å². The van der Waals surface area contributed by atoms with Crippen molar-refractivity contribution in [3.8, 4) is 0 Å². The van der Waals surface area contributed by atoms with Crippen LogP contribution in [0.2, 0.25) is 0 Å². The molecule has 0 aliphatic heterocycles. The van der Waals surface area contributed by atoms with Crippen molar-refractivity contribution in [2.75, 3.05) is 10.6 Å². The topological polar surface area (TPSA) is 49.8 Å². The van der Waals surface area contributed by atoms with Gasteiger partial charge in [-0.1, -0.05) is 12.1 Å². The number of nitrogens with zero attached hydrogens (tertiary/aromatic N) is 2. The molecule has 0 saturated heterocycles. The summed E-state index contributed by atoms with van der Waals surface area (Å²) in [5.74, 6) is -0.647. The van der Waals surface area contributed by atoms with Crippen molar-refractivity contribution in [1.29, 1.82) is 0 Å². The molecule has 1 fully saturated rings. The summed E-state index contributed by atoms with van der Waals surface area (Å²) in [6.45, 7) is 0. The predicted molar refractivity (Wildman–Crippen MR) is 78.4 cm³/mol. The second-order valence-corrected chi connectivity index (χ2v) is 5.55. The maximum absolute atomic E-state index is 13.0. The van der Waals surface area contributed by atoms with Gasteiger partial charge in [0, 0.05) is 12.1 Å². The molecule has 1 saturated carbocycles. The minimum Gasteiger partial charge on any atom is -0.351 e. The lowest BCUT2D eigenvalue weighted by Gasteiger charge is -2.16. The average molecular weight is 362 g/mol. The Morgan fingerprint density at radius 1 is 0.920 bits per heavy atom. The number of rotatable bonds is 4. The first-order chi connectivity index (χ1) is 11.6. The number of para-hydroxylation sites is 1. The summed E-state index contributed by atoms with van der Waals surface area (Å²) >= 11 is 0. The number of hydrogen-bond donors (Lipinski definition) is 2. The molecule has 25 heavy (non-hydrogen) atoms. The molecule has 134 valence electrons. The van der Waals surface area contributed by atoms with E-state index in [1.165, 1.54) is 12.1 Å². The summed E-state index contributed by atoms with van der Waals surface area (Å²) in [7, 11) is 0. The minimum absolute atomic E-state index is 0.0150. The van der Waals surface area contributed by atoms with E-state index in [0.717, 1.165) is 25.0 Å². The number of anilines is 3. The second kappa shape index (κ2) is 6.08. The molecule has 0 bridgehead atoms. The van der Waals surface area contributed by atoms with Crippen molar-refractivity contribution < 1.29 is 26.3 Å². The summed E-state index contributed by atoms with van der Waals surface area (Å²) in [5.41, 5.74) is -2.63. The molecule has 2 aromatic rings. The van der Waals surface area contributed by atoms with Gasteiger partial charge in [0.25, 0.3) is 0 Å². The standard InChI is InChI=1S/C15H12F6N4/c16-14(17,18)9-3-1-2-4-10(9)23-12-7-11(15(19,20)21)24-13(25-12)22-8-5-6-8/h1-4,7-8H,5-6H2,(H2,22,23,24,25). The third kappa shape index (κ3) is 4.31. The molecule has 4 nitrogen and oxygen atoms in total. The highest BCUT2D eigenvalue weighted by Crippen LogP contribution is 2.37. The van der Waals surface area contributed by atoms with E-state index in [0.29, 0.717) is 6.07 Å². The largest absolute Gasteiger partial charge is 0.433 e. The maximum atomic E-state index is 13.0. The summed E-state index contributed by atoms with van der Waals surface area (Å²) in [4.78, 5) is 7.23. The molecule has 0 amide bonds. The molecule has 0 radical (unpaired) electrons. The number of benzene rings is 1. The van der Waals surface area contributed by atoms with Crippen LogP contribution in [0.25, 0.3) is 0 Å². The molecular weight excluding hydrogens is 350 g/mol. The Hall–Kier alpha value is -2.52. The summed E-state index contributed by atoms with van der Waals surface area (Å²) in [5, 5.41) is 5.03. The monoisotopic (exact) mass is 362 g/mol. The van der Waals surface area contributed by atoms with Gasteiger partial charge in [-0.15, -0.1) is 0 Å². The zero-order valence-corrected chi connectivity index (χ0v) is 12.5. The molecule has 3 rings (SSSR count). The van der Waals surface area contributed by atoms with E-state index in [-0.39, 0.29) is 23.5 Å². The molecular formula is C15H12F6N4. The van der Waals surface area contributed by atoms with Crippen molar-refractivity contribution in [3.05, 3.63) is 41.6 Å². The zero-order valence-electron chi connectivity index (χ0n) is 12.5. The normalized spacial score (nSPS) is 15.1. The molecule has 10 heteroatoms. The quantitative estimate of drug-likeness (QED) is 0.765. The van der Waals surface area contributed by atoms with Gasteiger partial charge in [-0.25, -0.2) is 4.98 Å². The lowest BCUT2D eigenvalue weighted by Crippen LogP contribution is -2.15. The van der Waals surface area contributed by atoms with Crippen LogP contribution < -0.4 is 10.6 Å². The van der Waals surface area contributed by atoms with Crippen molar-refractivity contribution in [2.45, 2.75) is 31.2 Å². The fraction of sp³-hybridized carbons (Fsp3) is 0.333. The van der Waals surface area contributed by atoms with Crippen LogP contribution in [-0.2, 0) is 12.4 Å². The van der Waals surface area contributed by atoms with E-state index in [9.17, 15) is 26.3 Å². The third-order valence-corrected chi connectivity index (χ3v) is 3.42. The Balaban J connectivity index is 1.97. The van der Waals surface area contributed by atoms with Gasteiger partial charge in [0.15, 0.2) is 5.69 Å². The SMILES string of the molecule is FC(F)(F)c1cc(Nc2ccccc2C(F)(F)F)nc(NC2CC2)n1. The Morgan fingerprint density at radius 3 is 2.20 bits per heavy atom. The van der Waals surface area contributed by atoms with Crippen molar-refractivity contribution >= 4 is 17.5 Å². The van der Waals surface area contributed by atoms with E-state index < -0.39 is 23.6 Å². The molecule has 1 aliphatic rings. The Labute approximate surface area is 138 Å². The summed E-state index contributed by atoms with van der Waals surface area (Å²) in [6.07, 6.45) is -7.85. The Kier molecular flexibility index (Phi) is 4.21. The third-order valence-electron chi connectivity index (χ3n) is 3.42. The molecule has 0 unspecified atom stereocenters. The van der Waals surface area contributed by atoms with Crippen LogP contribution in [0.5, 0.6) is 0 Å². The van der Waals surface area contributed by atoms with Gasteiger partial charge in [-0.05, 0) is 25.0 Å². The molecule has 1 aromatic heterocycles. The van der Waals surface area contributed by atoms with Gasteiger partial charge in [-0.2, -0.15) is 31.3 Å². The fourth-order valence-corrected chi connectivity index (χ4v) is 2.11. The first-order valence-electron chi connectivity index (χ1n) is 7.29. The van der Waals surface area contributed by atoms with Crippen LogP contribution >= 0.6 is 0 Å². The number of hydrogen-bond acceptors (Lipinski definition) is 4. The van der Waals surface area contributed by atoms with Crippen LogP contribution in [0.15, 0.2) is 30.3 Å². The van der Waals surface area contributed by atoms with Crippen LogP contribution in [0.1, 0.15) is 24.1 Å². The molecule has 1 heterocycles. The zero-order chi connectivity index (χ0) is 18.2. The van der Waals surface area contributed by atoms with Crippen LogP contribution in [0.4, 0.5) is 43.8 Å². The van der Waals surface area contributed by atoms with Crippen LogP contribution in [-0.4, -0.2) is 16.0 Å². The predicted octanol–water partition coefficient (Wildman–Crippen LogP) is 4.83. The van der Waals surface area contributed by atoms with Gasteiger partial charge >= 0.3 is 12.4 Å². The highest BCUT2D eigenvalue weighted by molar-refractivity contribution is 5.62. The van der Waals surface area contributed by atoms with Gasteiger partial charge in [0.05, 0.1) is 11.3 Å². The highest BCUT2D eigenvalue weighted by Gasteiger charge is 2.36. The van der Waals surface area contributed by atoms with Gasteiger partial charge in [0.1, 0.15) is 5.82 Å². The molecule has 0 spiro atoms. The minimum atomic E-state index is -4.75. The van der Waals surface area contributed by atoms with E-state index in [4.69, 9.17) is 0 Å². The number of nitrogens with one attached hydrogen (secondary N) is 2. The summed E-state index contributed by atoms with van der Waals surface area (Å²) in [6, 6.07) is 5.04.